The molecule has 0 saturated carbocycles. The van der Waals surface area contributed by atoms with E-state index in [2.05, 4.69) is 40.1 Å². The zero-order valence-electron chi connectivity index (χ0n) is 6.09. The Kier molecular flexibility index (Phi) is 2.65. The Morgan fingerprint density at radius 2 is 1.90 bits per heavy atom. The molecule has 0 unspecified atom stereocenters. The minimum Gasteiger partial charge on any atom is -0.123 e. The summed E-state index contributed by atoms with van der Waals surface area (Å²) in [5, 5.41) is 1.27. The summed E-state index contributed by atoms with van der Waals surface area (Å²) in [6.07, 6.45) is 1.03. The lowest BCUT2D eigenvalue weighted by molar-refractivity contribution is 1.34. The molecule has 0 saturated heterocycles. The molecule has 0 heterocycles. The lowest BCUT2D eigenvalue weighted by atomic mass is 10.1. The monoisotopic (exact) mass is 150 g/mol. The molecule has 0 radical (unpaired) electrons. The number of hydrogen-bond donors (Lipinski definition) is 0. The van der Waals surface area contributed by atoms with E-state index in [1.165, 1.54) is 10.9 Å². The van der Waals surface area contributed by atoms with Crippen molar-refractivity contribution in [3.63, 3.8) is 0 Å². The van der Waals surface area contributed by atoms with Crippen LogP contribution < -0.4 is 0 Å². The van der Waals surface area contributed by atoms with Gasteiger partial charge in [0.1, 0.15) is 0 Å². The van der Waals surface area contributed by atoms with Crippen molar-refractivity contribution >= 4 is 14.2 Å². The van der Waals surface area contributed by atoms with E-state index in [1.54, 1.807) is 0 Å². The second kappa shape index (κ2) is 3.53. The van der Waals surface area contributed by atoms with Gasteiger partial charge < -0.3 is 0 Å². The third kappa shape index (κ3) is 2.33. The standard InChI is InChI=1S/C9H11P/c1-8(10)7-9-5-3-2-4-6-9/h2-6,10H,7H2,1H3. The Hall–Kier alpha value is -0.610. The highest BCUT2D eigenvalue weighted by Crippen LogP contribution is 2.00. The molecule has 0 spiro atoms. The number of hydrogen-bond acceptors (Lipinski definition) is 0. The predicted octanol–water partition coefficient (Wildman–Crippen LogP) is 2.56. The quantitative estimate of drug-likeness (QED) is 0.568. The molecular formula is C9H11P. The lowest BCUT2D eigenvalue weighted by Gasteiger charge is -1.96. The van der Waals surface area contributed by atoms with Gasteiger partial charge in [0.2, 0.25) is 0 Å². The van der Waals surface area contributed by atoms with Crippen LogP contribution in [-0.2, 0) is 6.42 Å². The molecule has 1 rings (SSSR count). The fourth-order valence-corrected chi connectivity index (χ4v) is 1.11. The highest BCUT2D eigenvalue weighted by atomic mass is 31.0. The minimum atomic E-state index is 1.03. The van der Waals surface area contributed by atoms with E-state index in [0.29, 0.717) is 0 Å². The van der Waals surface area contributed by atoms with E-state index >= 15 is 0 Å². The fraction of sp³-hybridized carbons (Fsp3) is 0.222. The smallest absolute Gasteiger partial charge is 0.00290 e. The SMILES string of the molecule is CC(=P)Cc1ccccc1. The van der Waals surface area contributed by atoms with Gasteiger partial charge in [0.25, 0.3) is 0 Å². The molecule has 0 atom stereocenters. The number of benzene rings is 1. The summed E-state index contributed by atoms with van der Waals surface area (Å²) >= 11 is 0. The Balaban J connectivity index is 2.67. The van der Waals surface area contributed by atoms with Crippen molar-refractivity contribution in [3.8, 4) is 0 Å². The lowest BCUT2D eigenvalue weighted by Crippen LogP contribution is -1.91. The van der Waals surface area contributed by atoms with Gasteiger partial charge in [-0.3, -0.25) is 0 Å². The molecule has 0 fully saturated rings. The van der Waals surface area contributed by atoms with E-state index in [0.717, 1.165) is 6.42 Å². The summed E-state index contributed by atoms with van der Waals surface area (Å²) in [5.74, 6) is 0. The second-order valence-corrected chi connectivity index (χ2v) is 3.30. The van der Waals surface area contributed by atoms with Gasteiger partial charge in [0, 0.05) is 0 Å². The van der Waals surface area contributed by atoms with Crippen molar-refractivity contribution in [1.82, 2.24) is 0 Å². The van der Waals surface area contributed by atoms with Crippen molar-refractivity contribution < 1.29 is 0 Å². The van der Waals surface area contributed by atoms with Crippen LogP contribution in [0.25, 0.3) is 0 Å². The molecule has 0 nitrogen and oxygen atoms in total. The van der Waals surface area contributed by atoms with E-state index < -0.39 is 0 Å². The van der Waals surface area contributed by atoms with Gasteiger partial charge in [-0.15, -0.1) is 8.86 Å². The predicted molar refractivity (Wildman–Crippen MR) is 49.1 cm³/mol. The first-order chi connectivity index (χ1) is 4.79. The maximum Gasteiger partial charge on any atom is -0.00290 e. The maximum atomic E-state index is 3.47. The van der Waals surface area contributed by atoms with E-state index in [-0.39, 0.29) is 0 Å². The zero-order valence-corrected chi connectivity index (χ0v) is 7.09. The minimum absolute atomic E-state index is 1.03. The molecule has 0 aliphatic heterocycles. The molecular weight excluding hydrogens is 139 g/mol. The second-order valence-electron chi connectivity index (χ2n) is 2.44. The van der Waals surface area contributed by atoms with E-state index in [1.807, 2.05) is 6.07 Å². The Morgan fingerprint density at radius 1 is 1.30 bits per heavy atom. The molecule has 52 valence electrons. The Bertz CT molecular complexity index is 213. The maximum absolute atomic E-state index is 3.47. The summed E-state index contributed by atoms with van der Waals surface area (Å²) in [7, 11) is 3.47. The van der Waals surface area contributed by atoms with Gasteiger partial charge in [0.15, 0.2) is 0 Å². The molecule has 0 aromatic heterocycles. The normalized spacial score (nSPS) is 9.30. The molecule has 1 aromatic rings. The van der Waals surface area contributed by atoms with Crippen LogP contribution in [0, 0.1) is 0 Å². The van der Waals surface area contributed by atoms with E-state index in [9.17, 15) is 0 Å². The average molecular weight is 150 g/mol. The first kappa shape index (κ1) is 7.50. The molecule has 0 N–H and O–H groups in total. The van der Waals surface area contributed by atoms with Gasteiger partial charge in [0.05, 0.1) is 0 Å². The van der Waals surface area contributed by atoms with Crippen LogP contribution in [0.3, 0.4) is 0 Å². The largest absolute Gasteiger partial charge is 0.123 e. The Morgan fingerprint density at radius 3 is 2.40 bits per heavy atom. The highest BCUT2D eigenvalue weighted by molar-refractivity contribution is 7.20. The third-order valence-corrected chi connectivity index (χ3v) is 1.49. The van der Waals surface area contributed by atoms with Crippen molar-refractivity contribution in [2.45, 2.75) is 13.3 Å². The van der Waals surface area contributed by atoms with Gasteiger partial charge in [-0.1, -0.05) is 30.3 Å². The summed E-state index contributed by atoms with van der Waals surface area (Å²) in [6.45, 7) is 2.07. The van der Waals surface area contributed by atoms with Crippen LogP contribution in [0.1, 0.15) is 12.5 Å². The van der Waals surface area contributed by atoms with Gasteiger partial charge in [-0.05, 0) is 24.2 Å². The van der Waals surface area contributed by atoms with Gasteiger partial charge in [-0.25, -0.2) is 0 Å². The molecule has 0 bridgehead atoms. The molecule has 10 heavy (non-hydrogen) atoms. The third-order valence-electron chi connectivity index (χ3n) is 1.31. The molecule has 0 aliphatic carbocycles. The van der Waals surface area contributed by atoms with Gasteiger partial charge in [-0.2, -0.15) is 0 Å². The highest BCUT2D eigenvalue weighted by Gasteiger charge is 1.89. The van der Waals surface area contributed by atoms with Crippen LogP contribution >= 0.6 is 8.86 Å². The molecule has 1 aromatic carbocycles. The Labute approximate surface area is 64.1 Å². The van der Waals surface area contributed by atoms with Crippen molar-refractivity contribution in [1.29, 1.82) is 0 Å². The summed E-state index contributed by atoms with van der Waals surface area (Å²) in [4.78, 5) is 0. The van der Waals surface area contributed by atoms with Crippen LogP contribution in [-0.4, -0.2) is 5.29 Å². The molecule has 0 amide bonds. The first-order valence-electron chi connectivity index (χ1n) is 3.37. The topological polar surface area (TPSA) is 0 Å². The summed E-state index contributed by atoms with van der Waals surface area (Å²) < 4.78 is 0. The van der Waals surface area contributed by atoms with Crippen molar-refractivity contribution in [2.24, 2.45) is 0 Å². The van der Waals surface area contributed by atoms with Crippen LogP contribution in [0.5, 0.6) is 0 Å². The fourth-order valence-electron chi connectivity index (χ4n) is 0.902. The summed E-state index contributed by atoms with van der Waals surface area (Å²) in [5.41, 5.74) is 1.36. The van der Waals surface area contributed by atoms with Crippen LogP contribution in [0.15, 0.2) is 30.3 Å². The van der Waals surface area contributed by atoms with Crippen LogP contribution in [0.4, 0.5) is 0 Å². The van der Waals surface area contributed by atoms with Crippen molar-refractivity contribution in [3.05, 3.63) is 35.9 Å². The molecule has 1 heteroatoms. The molecule has 0 aliphatic rings. The summed E-state index contributed by atoms with van der Waals surface area (Å²) in [6, 6.07) is 10.4. The van der Waals surface area contributed by atoms with E-state index in [4.69, 9.17) is 0 Å². The first-order valence-corrected chi connectivity index (χ1v) is 3.87. The van der Waals surface area contributed by atoms with Crippen LogP contribution in [0.2, 0.25) is 0 Å². The van der Waals surface area contributed by atoms with Gasteiger partial charge >= 0.3 is 0 Å². The zero-order chi connectivity index (χ0) is 7.40. The average Bonchev–Trinajstić information content (AvgIpc) is 1.88. The number of rotatable bonds is 2. The van der Waals surface area contributed by atoms with Crippen molar-refractivity contribution in [2.75, 3.05) is 0 Å².